The van der Waals surface area contributed by atoms with Crippen molar-refractivity contribution in [2.75, 3.05) is 5.32 Å². The average Bonchev–Trinajstić information content (AvgIpc) is 2.01. The zero-order valence-electron chi connectivity index (χ0n) is 6.97. The molecule has 0 bridgehead atoms. The molecule has 0 unspecified atom stereocenters. The number of nitrogens with two attached hydrogens (primary N) is 1. The molecule has 0 aliphatic rings. The van der Waals surface area contributed by atoms with Gasteiger partial charge in [-0.2, -0.15) is 8.42 Å². The van der Waals surface area contributed by atoms with Crippen LogP contribution >= 0.6 is 0 Å². The molecule has 0 heterocycles. The molecule has 0 atom stereocenters. The van der Waals surface area contributed by atoms with Gasteiger partial charge < -0.3 is 11.1 Å². The predicted molar refractivity (Wildman–Crippen MR) is 56.6 cm³/mol. The molecule has 78 valence electrons. The Labute approximate surface area is 109 Å². The van der Waals surface area contributed by atoms with E-state index >= 15 is 0 Å². The van der Waals surface area contributed by atoms with Gasteiger partial charge in [0.2, 0.25) is 0 Å². The van der Waals surface area contributed by atoms with Crippen LogP contribution in [0.5, 0.6) is 0 Å². The summed E-state index contributed by atoms with van der Waals surface area (Å²) in [5, 5.41) is 2.08. The first-order valence-corrected chi connectivity index (χ1v) is 4.98. The predicted octanol–water partition coefficient (Wildman–Crippen LogP) is -0.225. The molecule has 0 aliphatic carbocycles. The van der Waals surface area contributed by atoms with Crippen LogP contribution in [-0.4, -0.2) is 48.6 Å². The average molecular weight is 240 g/mol. The first-order chi connectivity index (χ1) is 6.41. The molecule has 0 aromatic heterocycles. The fourth-order valence-electron chi connectivity index (χ4n) is 0.928. The van der Waals surface area contributed by atoms with Crippen molar-refractivity contribution in [2.24, 2.45) is 5.73 Å². The summed E-state index contributed by atoms with van der Waals surface area (Å²) < 4.78 is 30.4. The van der Waals surface area contributed by atoms with Crippen LogP contribution in [0.25, 0.3) is 0 Å². The van der Waals surface area contributed by atoms with Crippen molar-refractivity contribution in [3.05, 3.63) is 24.3 Å². The number of hydrogen-bond donors (Lipinski definition) is 3. The van der Waals surface area contributed by atoms with Gasteiger partial charge in [0.25, 0.3) is 10.1 Å². The number of rotatable bonds is 2. The Balaban J connectivity index is 0.00000196. The summed E-state index contributed by atoms with van der Waals surface area (Å²) >= 11 is 0. The molecule has 1 rings (SSSR count). The minimum atomic E-state index is -4.35. The van der Waals surface area contributed by atoms with Crippen molar-refractivity contribution >= 4 is 51.4 Å². The van der Waals surface area contributed by atoms with Crippen LogP contribution in [0.2, 0.25) is 0 Å². The van der Waals surface area contributed by atoms with Crippen LogP contribution in [0.15, 0.2) is 29.2 Å². The van der Waals surface area contributed by atoms with Crippen molar-refractivity contribution in [3.8, 4) is 0 Å². The van der Waals surface area contributed by atoms with Crippen LogP contribution in [0, 0.1) is 0 Å². The van der Waals surface area contributed by atoms with E-state index in [1.165, 1.54) is 18.2 Å². The van der Waals surface area contributed by atoms with Gasteiger partial charge in [0.05, 0.1) is 5.69 Å². The number of urea groups is 1. The van der Waals surface area contributed by atoms with Crippen molar-refractivity contribution < 1.29 is 17.8 Å². The number of primary amides is 1. The topological polar surface area (TPSA) is 109 Å². The summed E-state index contributed by atoms with van der Waals surface area (Å²) in [6.07, 6.45) is 0. The van der Waals surface area contributed by atoms with Crippen molar-refractivity contribution in [1.82, 2.24) is 0 Å². The fourth-order valence-corrected chi connectivity index (χ4v) is 1.58. The summed E-state index contributed by atoms with van der Waals surface area (Å²) in [6.45, 7) is 0. The van der Waals surface area contributed by atoms with Crippen LogP contribution in [0.3, 0.4) is 0 Å². The molecule has 15 heavy (non-hydrogen) atoms. The Kier molecular flexibility index (Phi) is 5.26. The number of anilines is 1. The third-order valence-electron chi connectivity index (χ3n) is 1.42. The molecular weight excluding hydrogens is 231 g/mol. The maximum absolute atomic E-state index is 10.8. The molecule has 0 saturated heterocycles. The summed E-state index contributed by atoms with van der Waals surface area (Å²) in [5.41, 5.74) is 4.76. The Hall–Kier alpha value is -0.600. The van der Waals surface area contributed by atoms with E-state index in [1.54, 1.807) is 0 Å². The Bertz CT molecular complexity index is 460. The van der Waals surface area contributed by atoms with Gasteiger partial charge in [-0.3, -0.25) is 4.55 Å². The van der Waals surface area contributed by atoms with Gasteiger partial charge in [0.1, 0.15) is 4.90 Å². The van der Waals surface area contributed by atoms with E-state index in [1.807, 2.05) is 0 Å². The zero-order chi connectivity index (χ0) is 10.8. The van der Waals surface area contributed by atoms with Gasteiger partial charge in [-0.05, 0) is 12.1 Å². The Morgan fingerprint density at radius 1 is 1.33 bits per heavy atom. The van der Waals surface area contributed by atoms with E-state index < -0.39 is 16.1 Å². The number of carbonyl (C=O) groups is 1. The van der Waals surface area contributed by atoms with Crippen molar-refractivity contribution in [3.63, 3.8) is 0 Å². The molecule has 8 heteroatoms. The van der Waals surface area contributed by atoms with Gasteiger partial charge in [0.15, 0.2) is 0 Å². The van der Waals surface area contributed by atoms with Gasteiger partial charge in [-0.15, -0.1) is 0 Å². The molecule has 1 aromatic rings. The second-order valence-corrected chi connectivity index (χ2v) is 3.85. The maximum atomic E-state index is 10.8. The summed E-state index contributed by atoms with van der Waals surface area (Å²) in [4.78, 5) is 10.1. The Morgan fingerprint density at radius 2 is 1.87 bits per heavy atom. The normalized spacial score (nSPS) is 10.2. The first-order valence-electron chi connectivity index (χ1n) is 3.54. The van der Waals surface area contributed by atoms with E-state index in [4.69, 9.17) is 10.3 Å². The summed E-state index contributed by atoms with van der Waals surface area (Å²) in [7, 11) is -4.35. The fraction of sp³-hybridized carbons (Fsp3) is 0. The molecule has 0 saturated carbocycles. The van der Waals surface area contributed by atoms with Gasteiger partial charge >= 0.3 is 35.6 Å². The van der Waals surface area contributed by atoms with Crippen molar-refractivity contribution in [2.45, 2.75) is 4.90 Å². The summed E-state index contributed by atoms with van der Waals surface area (Å²) in [5.74, 6) is 0. The van der Waals surface area contributed by atoms with Crippen molar-refractivity contribution in [1.29, 1.82) is 0 Å². The minimum absolute atomic E-state index is 0. The van der Waals surface area contributed by atoms with Gasteiger partial charge in [-0.1, -0.05) is 12.1 Å². The van der Waals surface area contributed by atoms with E-state index in [9.17, 15) is 13.2 Å². The van der Waals surface area contributed by atoms with Crippen LogP contribution < -0.4 is 11.1 Å². The zero-order valence-corrected chi connectivity index (χ0v) is 7.78. The number of nitrogens with one attached hydrogen (secondary N) is 1. The second kappa shape index (κ2) is 5.47. The second-order valence-electron chi connectivity index (χ2n) is 2.46. The number of amides is 2. The number of benzene rings is 1. The molecule has 0 radical (unpaired) electrons. The van der Waals surface area contributed by atoms with E-state index in [-0.39, 0.29) is 40.1 Å². The number of carbonyl (C=O) groups excluding carboxylic acids is 1. The molecular formula is C7H9N2NaO4S. The first kappa shape index (κ1) is 14.4. The SMILES string of the molecule is NC(=O)Nc1ccccc1S(=O)(=O)O.[NaH]. The third kappa shape index (κ3) is 4.18. The third-order valence-corrected chi connectivity index (χ3v) is 2.33. The molecule has 4 N–H and O–H groups in total. The van der Waals surface area contributed by atoms with E-state index in [2.05, 4.69) is 5.32 Å². The van der Waals surface area contributed by atoms with Crippen LogP contribution in [0.1, 0.15) is 0 Å². The van der Waals surface area contributed by atoms with E-state index in [0.29, 0.717) is 0 Å². The monoisotopic (exact) mass is 240 g/mol. The van der Waals surface area contributed by atoms with Gasteiger partial charge in [-0.25, -0.2) is 4.79 Å². The number of para-hydroxylation sites is 1. The molecule has 2 amide bonds. The summed E-state index contributed by atoms with van der Waals surface area (Å²) in [6, 6.07) is 4.48. The molecule has 0 fully saturated rings. The van der Waals surface area contributed by atoms with Crippen LogP contribution in [-0.2, 0) is 10.1 Å². The number of hydrogen-bond acceptors (Lipinski definition) is 3. The van der Waals surface area contributed by atoms with Gasteiger partial charge in [0, 0.05) is 0 Å². The molecule has 0 aliphatic heterocycles. The molecule has 6 nitrogen and oxygen atoms in total. The van der Waals surface area contributed by atoms with Crippen LogP contribution in [0.4, 0.5) is 10.5 Å². The standard InChI is InChI=1S/C7H8N2O4S.Na.H/c8-7(10)9-5-3-1-2-4-6(5)14(11,12)13;;/h1-4H,(H3,8,9,10)(H,11,12,13);;. The molecule has 1 aromatic carbocycles. The Morgan fingerprint density at radius 3 is 2.33 bits per heavy atom. The quantitative estimate of drug-likeness (QED) is 0.490. The molecule has 0 spiro atoms. The van der Waals surface area contributed by atoms with E-state index in [0.717, 1.165) is 6.07 Å².